The summed E-state index contributed by atoms with van der Waals surface area (Å²) >= 11 is 1.36. The standard InChI is InChI=1S/C25H26O4S/c1-25(2)21(14-19-11-12-30-24(19)27)22(25)23(26)29-16-18-8-6-7-17(13-18)15-28-20-9-4-3-5-10-20/h3-10,13-14,21-22H,11-12,15-16H2,1-2H3/b19-14+/t21-,22-/m0/s1. The van der Waals surface area contributed by atoms with Gasteiger partial charge < -0.3 is 9.47 Å². The van der Waals surface area contributed by atoms with Gasteiger partial charge in [0.15, 0.2) is 0 Å². The molecule has 1 saturated carbocycles. The fraction of sp³-hybridized carbons (Fsp3) is 0.360. The first-order valence-corrected chi connectivity index (χ1v) is 11.2. The molecule has 0 radical (unpaired) electrons. The number of hydrogen-bond acceptors (Lipinski definition) is 5. The Morgan fingerprint density at radius 1 is 1.10 bits per heavy atom. The van der Waals surface area contributed by atoms with Crippen molar-refractivity contribution in [2.24, 2.45) is 17.3 Å². The number of carbonyl (C=O) groups is 2. The average molecular weight is 423 g/mol. The first-order chi connectivity index (χ1) is 14.4. The van der Waals surface area contributed by atoms with Gasteiger partial charge in [-0.1, -0.05) is 68.1 Å². The van der Waals surface area contributed by atoms with Crippen molar-refractivity contribution >= 4 is 22.8 Å². The molecular weight excluding hydrogens is 396 g/mol. The Kier molecular flexibility index (Phi) is 6.00. The summed E-state index contributed by atoms with van der Waals surface area (Å²) < 4.78 is 11.4. The fourth-order valence-corrected chi connectivity index (χ4v) is 4.86. The van der Waals surface area contributed by atoms with E-state index in [0.717, 1.165) is 34.6 Å². The lowest BCUT2D eigenvalue weighted by Gasteiger charge is -2.09. The van der Waals surface area contributed by atoms with Crippen LogP contribution >= 0.6 is 11.8 Å². The normalized spacial score (nSPS) is 23.4. The van der Waals surface area contributed by atoms with Crippen LogP contribution < -0.4 is 4.74 Å². The van der Waals surface area contributed by atoms with Gasteiger partial charge in [-0.25, -0.2) is 0 Å². The molecule has 2 atom stereocenters. The monoisotopic (exact) mass is 422 g/mol. The summed E-state index contributed by atoms with van der Waals surface area (Å²) in [5.74, 6) is 1.37. The maximum absolute atomic E-state index is 12.7. The summed E-state index contributed by atoms with van der Waals surface area (Å²) in [7, 11) is 0. The lowest BCUT2D eigenvalue weighted by atomic mass is 10.1. The summed E-state index contributed by atoms with van der Waals surface area (Å²) in [6.07, 6.45) is 2.81. The lowest BCUT2D eigenvalue weighted by Crippen LogP contribution is -2.11. The van der Waals surface area contributed by atoms with Crippen molar-refractivity contribution in [3.8, 4) is 5.75 Å². The van der Waals surface area contributed by atoms with Crippen molar-refractivity contribution < 1.29 is 19.1 Å². The fourth-order valence-electron chi connectivity index (χ4n) is 3.99. The van der Waals surface area contributed by atoms with Crippen LogP contribution in [0, 0.1) is 17.3 Å². The van der Waals surface area contributed by atoms with E-state index in [9.17, 15) is 9.59 Å². The lowest BCUT2D eigenvalue weighted by molar-refractivity contribution is -0.147. The topological polar surface area (TPSA) is 52.6 Å². The molecule has 1 heterocycles. The van der Waals surface area contributed by atoms with Gasteiger partial charge in [-0.3, -0.25) is 9.59 Å². The molecule has 0 spiro atoms. The zero-order valence-electron chi connectivity index (χ0n) is 17.3. The number of thioether (sulfide) groups is 1. The molecule has 2 aromatic rings. The molecule has 1 saturated heterocycles. The number of rotatable bonds is 7. The van der Waals surface area contributed by atoms with Crippen LogP contribution in [0.5, 0.6) is 5.75 Å². The van der Waals surface area contributed by atoms with Crippen LogP contribution in [0.3, 0.4) is 0 Å². The Labute approximate surface area is 181 Å². The Bertz CT molecular complexity index is 964. The van der Waals surface area contributed by atoms with Crippen LogP contribution in [0.15, 0.2) is 66.2 Å². The number of hydrogen-bond donors (Lipinski definition) is 0. The maximum Gasteiger partial charge on any atom is 0.310 e. The van der Waals surface area contributed by atoms with Crippen LogP contribution in [-0.2, 0) is 27.5 Å². The van der Waals surface area contributed by atoms with Crippen LogP contribution in [0.4, 0.5) is 0 Å². The number of allylic oxidation sites excluding steroid dienone is 1. The van der Waals surface area contributed by atoms with Gasteiger partial charge in [0.1, 0.15) is 19.0 Å². The molecule has 0 amide bonds. The number of esters is 1. The van der Waals surface area contributed by atoms with Crippen LogP contribution in [-0.4, -0.2) is 16.8 Å². The Hall–Kier alpha value is -2.53. The number of ether oxygens (including phenoxy) is 2. The molecule has 4 rings (SSSR count). The van der Waals surface area contributed by atoms with Crippen LogP contribution in [0.25, 0.3) is 0 Å². The molecule has 0 N–H and O–H groups in total. The third-order valence-corrected chi connectivity index (χ3v) is 6.87. The summed E-state index contributed by atoms with van der Waals surface area (Å²) in [6, 6.07) is 17.6. The van der Waals surface area contributed by atoms with E-state index < -0.39 is 0 Å². The average Bonchev–Trinajstić information content (AvgIpc) is 3.05. The molecule has 0 bridgehead atoms. The van der Waals surface area contributed by atoms with E-state index in [1.807, 2.05) is 60.7 Å². The number of carbonyl (C=O) groups excluding carboxylic acids is 2. The van der Waals surface area contributed by atoms with Gasteiger partial charge in [-0.2, -0.15) is 0 Å². The third-order valence-electron chi connectivity index (χ3n) is 5.93. The van der Waals surface area contributed by atoms with Crippen molar-refractivity contribution in [2.75, 3.05) is 5.75 Å². The molecule has 4 nitrogen and oxygen atoms in total. The smallest absolute Gasteiger partial charge is 0.310 e. The predicted octanol–water partition coefficient (Wildman–Crippen LogP) is 5.17. The van der Waals surface area contributed by atoms with Crippen molar-refractivity contribution in [3.63, 3.8) is 0 Å². The number of benzene rings is 2. The Balaban J connectivity index is 1.32. The molecule has 0 aromatic heterocycles. The molecular formula is C25H26O4S. The highest BCUT2D eigenvalue weighted by molar-refractivity contribution is 8.14. The minimum absolute atomic E-state index is 0.0771. The first kappa shape index (κ1) is 20.7. The molecule has 1 aliphatic heterocycles. The van der Waals surface area contributed by atoms with Crippen molar-refractivity contribution in [2.45, 2.75) is 33.5 Å². The first-order valence-electron chi connectivity index (χ1n) is 10.3. The van der Waals surface area contributed by atoms with Crippen molar-refractivity contribution in [1.29, 1.82) is 0 Å². The minimum Gasteiger partial charge on any atom is -0.489 e. The van der Waals surface area contributed by atoms with Gasteiger partial charge in [-0.05, 0) is 47.1 Å². The van der Waals surface area contributed by atoms with Gasteiger partial charge in [0.05, 0.1) is 5.92 Å². The molecule has 5 heteroatoms. The molecule has 156 valence electrons. The molecule has 2 fully saturated rings. The van der Waals surface area contributed by atoms with E-state index in [4.69, 9.17) is 9.47 Å². The Morgan fingerprint density at radius 2 is 1.83 bits per heavy atom. The highest BCUT2D eigenvalue weighted by Crippen LogP contribution is 2.60. The van der Waals surface area contributed by atoms with Gasteiger partial charge >= 0.3 is 5.97 Å². The van der Waals surface area contributed by atoms with E-state index in [-0.39, 0.29) is 34.9 Å². The third kappa shape index (κ3) is 4.62. The predicted molar refractivity (Wildman–Crippen MR) is 118 cm³/mol. The molecule has 1 aliphatic carbocycles. The summed E-state index contributed by atoms with van der Waals surface area (Å²) in [5.41, 5.74) is 2.66. The molecule has 30 heavy (non-hydrogen) atoms. The highest BCUT2D eigenvalue weighted by atomic mass is 32.2. The van der Waals surface area contributed by atoms with Gasteiger partial charge in [-0.15, -0.1) is 0 Å². The molecule has 0 unspecified atom stereocenters. The van der Waals surface area contributed by atoms with Crippen molar-refractivity contribution in [3.05, 3.63) is 77.4 Å². The van der Waals surface area contributed by atoms with E-state index >= 15 is 0 Å². The Morgan fingerprint density at radius 3 is 2.53 bits per heavy atom. The summed E-state index contributed by atoms with van der Waals surface area (Å²) in [6.45, 7) is 4.83. The maximum atomic E-state index is 12.7. The van der Waals surface area contributed by atoms with Gasteiger partial charge in [0.2, 0.25) is 5.12 Å². The van der Waals surface area contributed by atoms with Gasteiger partial charge in [0, 0.05) is 11.3 Å². The largest absolute Gasteiger partial charge is 0.489 e. The van der Waals surface area contributed by atoms with Crippen LogP contribution in [0.1, 0.15) is 31.4 Å². The molecule has 2 aromatic carbocycles. The highest BCUT2D eigenvalue weighted by Gasteiger charge is 2.61. The zero-order valence-corrected chi connectivity index (χ0v) is 18.1. The summed E-state index contributed by atoms with van der Waals surface area (Å²) in [5, 5.41) is 0.152. The minimum atomic E-state index is -0.189. The second-order valence-electron chi connectivity index (χ2n) is 8.43. The SMILES string of the molecule is CC1(C)[C@H](C(=O)OCc2cccc(COc3ccccc3)c2)[C@@H]1/C=C1\CCSC1=O. The van der Waals surface area contributed by atoms with E-state index in [1.54, 1.807) is 0 Å². The number of para-hydroxylation sites is 1. The van der Waals surface area contributed by atoms with Gasteiger partial charge in [0.25, 0.3) is 0 Å². The second kappa shape index (κ2) is 8.68. The summed E-state index contributed by atoms with van der Waals surface area (Å²) in [4.78, 5) is 24.6. The van der Waals surface area contributed by atoms with E-state index in [2.05, 4.69) is 13.8 Å². The van der Waals surface area contributed by atoms with E-state index in [0.29, 0.717) is 6.61 Å². The van der Waals surface area contributed by atoms with Crippen LogP contribution in [0.2, 0.25) is 0 Å². The second-order valence-corrected chi connectivity index (χ2v) is 9.50. The van der Waals surface area contributed by atoms with Crippen molar-refractivity contribution in [1.82, 2.24) is 0 Å². The molecule has 2 aliphatic rings. The zero-order chi connectivity index (χ0) is 21.1. The van der Waals surface area contributed by atoms with E-state index in [1.165, 1.54) is 11.8 Å². The quantitative estimate of drug-likeness (QED) is 0.455.